The fourth-order valence-corrected chi connectivity index (χ4v) is 2.40. The molecule has 1 atom stereocenters. The van der Waals surface area contributed by atoms with E-state index in [1.54, 1.807) is 0 Å². The van der Waals surface area contributed by atoms with E-state index in [-0.39, 0.29) is 0 Å². The summed E-state index contributed by atoms with van der Waals surface area (Å²) in [7, 11) is 13.2. The third-order valence-electron chi connectivity index (χ3n) is 1.84. The molecule has 15 heavy (non-hydrogen) atoms. The summed E-state index contributed by atoms with van der Waals surface area (Å²) in [6.45, 7) is 2.12. The van der Waals surface area contributed by atoms with Crippen molar-refractivity contribution in [1.29, 1.82) is 0 Å². The molecule has 0 aliphatic heterocycles. The van der Waals surface area contributed by atoms with Gasteiger partial charge in [-0.25, -0.2) is 0 Å². The highest BCUT2D eigenvalue weighted by Crippen LogP contribution is 2.21. The lowest BCUT2D eigenvalue weighted by atomic mass is 10.3. The van der Waals surface area contributed by atoms with E-state index in [4.69, 9.17) is 0 Å². The van der Waals surface area contributed by atoms with Gasteiger partial charge in [0.25, 0.3) is 0 Å². The molecule has 0 amide bonds. The van der Waals surface area contributed by atoms with Crippen molar-refractivity contribution in [2.75, 3.05) is 55.4 Å². The molecule has 0 N–H and O–H groups in total. The SMILES string of the molecule is C[N+](C)(C)C/C=C(\Br)[C@@H](Br)C[N+](C)(C)C. The monoisotopic (exact) mass is 342 g/mol. The van der Waals surface area contributed by atoms with Crippen molar-refractivity contribution >= 4 is 31.9 Å². The van der Waals surface area contributed by atoms with Gasteiger partial charge in [-0.05, 0) is 6.08 Å². The summed E-state index contributed by atoms with van der Waals surface area (Å²) in [6.07, 6.45) is 2.26. The maximum atomic E-state index is 3.71. The maximum Gasteiger partial charge on any atom is 0.0978 e. The molecule has 0 aliphatic carbocycles. The standard InChI is InChI=1S/C11H24Br2N2/c1-14(2,3)8-7-10(12)11(13)9-15(4,5)6/h7,11H,8-9H2,1-6H3/q+2/b10-7-/t11-/m0/s1. The Hall–Kier alpha value is 0.620. The minimum Gasteiger partial charge on any atom is -0.330 e. The molecule has 0 unspecified atom stereocenters. The van der Waals surface area contributed by atoms with Crippen molar-refractivity contribution in [3.05, 3.63) is 10.6 Å². The van der Waals surface area contributed by atoms with Crippen LogP contribution < -0.4 is 0 Å². The van der Waals surface area contributed by atoms with Crippen molar-refractivity contribution < 1.29 is 8.97 Å². The Morgan fingerprint density at radius 3 is 1.87 bits per heavy atom. The van der Waals surface area contributed by atoms with Gasteiger partial charge >= 0.3 is 0 Å². The molecule has 90 valence electrons. The van der Waals surface area contributed by atoms with Crippen molar-refractivity contribution in [1.82, 2.24) is 0 Å². The molecule has 0 spiro atoms. The van der Waals surface area contributed by atoms with E-state index in [2.05, 4.69) is 80.2 Å². The van der Waals surface area contributed by atoms with Crippen LogP contribution >= 0.6 is 31.9 Å². The second-order valence-electron chi connectivity index (χ2n) is 6.00. The Kier molecular flexibility index (Phi) is 6.04. The molecule has 4 heteroatoms. The number of likely N-dealkylation sites (N-methyl/N-ethyl adjacent to an activating group) is 1. The predicted octanol–water partition coefficient (Wildman–Crippen LogP) is 2.44. The van der Waals surface area contributed by atoms with Gasteiger partial charge in [-0.3, -0.25) is 0 Å². The van der Waals surface area contributed by atoms with Crippen molar-refractivity contribution in [3.63, 3.8) is 0 Å². The molecule has 0 bridgehead atoms. The number of halogens is 2. The van der Waals surface area contributed by atoms with Gasteiger partial charge in [0.15, 0.2) is 0 Å². The van der Waals surface area contributed by atoms with Crippen molar-refractivity contribution in [3.8, 4) is 0 Å². The summed E-state index contributed by atoms with van der Waals surface area (Å²) in [5.41, 5.74) is 0. The van der Waals surface area contributed by atoms with E-state index in [0.717, 1.165) is 22.1 Å². The van der Waals surface area contributed by atoms with Crippen LogP contribution in [0.3, 0.4) is 0 Å². The average Bonchev–Trinajstić information content (AvgIpc) is 1.95. The second-order valence-corrected chi connectivity index (χ2v) is 8.02. The van der Waals surface area contributed by atoms with E-state index >= 15 is 0 Å². The number of rotatable bonds is 5. The van der Waals surface area contributed by atoms with Gasteiger partial charge < -0.3 is 8.97 Å². The van der Waals surface area contributed by atoms with E-state index < -0.39 is 0 Å². The Morgan fingerprint density at radius 2 is 1.53 bits per heavy atom. The first-order chi connectivity index (χ1) is 6.51. The maximum absolute atomic E-state index is 3.71. The van der Waals surface area contributed by atoms with Crippen LogP contribution in [0.15, 0.2) is 10.6 Å². The number of hydrogen-bond donors (Lipinski definition) is 0. The third kappa shape index (κ3) is 9.54. The largest absolute Gasteiger partial charge is 0.330 e. The highest BCUT2D eigenvalue weighted by atomic mass is 79.9. The summed E-state index contributed by atoms with van der Waals surface area (Å²) >= 11 is 7.35. The van der Waals surface area contributed by atoms with Crippen LogP contribution in [-0.2, 0) is 0 Å². The predicted molar refractivity (Wildman–Crippen MR) is 75.5 cm³/mol. The number of quaternary nitrogens is 2. The zero-order valence-electron chi connectivity index (χ0n) is 10.7. The molecule has 2 nitrogen and oxygen atoms in total. The molecule has 0 aromatic rings. The van der Waals surface area contributed by atoms with Crippen LogP contribution in [0.25, 0.3) is 0 Å². The van der Waals surface area contributed by atoms with Crippen LogP contribution in [0, 0.1) is 0 Å². The van der Waals surface area contributed by atoms with Crippen LogP contribution in [0.1, 0.15) is 0 Å². The average molecular weight is 344 g/mol. The lowest BCUT2D eigenvalue weighted by molar-refractivity contribution is -0.869. The van der Waals surface area contributed by atoms with Gasteiger partial charge in [-0.15, -0.1) is 0 Å². The smallest absolute Gasteiger partial charge is 0.0978 e. The first-order valence-electron chi connectivity index (χ1n) is 5.12. The van der Waals surface area contributed by atoms with E-state index in [1.807, 2.05) is 0 Å². The van der Waals surface area contributed by atoms with Crippen LogP contribution in [0.4, 0.5) is 0 Å². The third-order valence-corrected chi connectivity index (χ3v) is 4.11. The van der Waals surface area contributed by atoms with Crippen molar-refractivity contribution in [2.24, 2.45) is 0 Å². The fraction of sp³-hybridized carbons (Fsp3) is 0.818. The van der Waals surface area contributed by atoms with Crippen LogP contribution in [0.5, 0.6) is 0 Å². The Labute approximate surface area is 111 Å². The molecule has 0 aromatic heterocycles. The molecule has 0 rings (SSSR count). The number of alkyl halides is 1. The molecule has 0 aromatic carbocycles. The molecule has 0 radical (unpaired) electrons. The Morgan fingerprint density at radius 1 is 1.07 bits per heavy atom. The fourth-order valence-electron chi connectivity index (χ4n) is 1.06. The molecular formula is C11H24Br2N2+2. The van der Waals surface area contributed by atoms with Gasteiger partial charge in [0.2, 0.25) is 0 Å². The zero-order valence-corrected chi connectivity index (χ0v) is 13.9. The summed E-state index contributed by atoms with van der Waals surface area (Å²) in [5.74, 6) is 0. The number of nitrogens with zero attached hydrogens (tertiary/aromatic N) is 2. The van der Waals surface area contributed by atoms with Gasteiger partial charge in [0.05, 0.1) is 60.2 Å². The molecule has 0 saturated heterocycles. The second kappa shape index (κ2) is 5.80. The first kappa shape index (κ1) is 15.6. The lowest BCUT2D eigenvalue weighted by Gasteiger charge is -2.27. The van der Waals surface area contributed by atoms with Crippen LogP contribution in [0.2, 0.25) is 0 Å². The summed E-state index contributed by atoms with van der Waals surface area (Å²) < 4.78 is 3.17. The summed E-state index contributed by atoms with van der Waals surface area (Å²) in [6, 6.07) is 0. The molecule has 0 saturated carbocycles. The zero-order chi connectivity index (χ0) is 12.3. The molecule has 0 fully saturated rings. The summed E-state index contributed by atoms with van der Waals surface area (Å²) in [5, 5.41) is 0. The van der Waals surface area contributed by atoms with E-state index in [1.165, 1.54) is 4.48 Å². The number of hydrogen-bond acceptors (Lipinski definition) is 0. The van der Waals surface area contributed by atoms with Gasteiger partial charge in [0.1, 0.15) is 0 Å². The van der Waals surface area contributed by atoms with Gasteiger partial charge in [0, 0.05) is 4.48 Å². The normalized spacial score (nSPS) is 16.7. The summed E-state index contributed by atoms with van der Waals surface area (Å²) in [4.78, 5) is 0.407. The first-order valence-corrected chi connectivity index (χ1v) is 6.83. The quantitative estimate of drug-likeness (QED) is 0.531. The van der Waals surface area contributed by atoms with E-state index in [0.29, 0.717) is 4.83 Å². The van der Waals surface area contributed by atoms with Crippen LogP contribution in [-0.4, -0.2) is 69.2 Å². The minimum atomic E-state index is 0.407. The van der Waals surface area contributed by atoms with Gasteiger partial charge in [-0.2, -0.15) is 0 Å². The van der Waals surface area contributed by atoms with Crippen molar-refractivity contribution in [2.45, 2.75) is 4.83 Å². The highest BCUT2D eigenvalue weighted by Gasteiger charge is 2.18. The highest BCUT2D eigenvalue weighted by molar-refractivity contribution is 9.14. The molecular weight excluding hydrogens is 320 g/mol. The molecule has 0 aliphatic rings. The minimum absolute atomic E-state index is 0.407. The topological polar surface area (TPSA) is 0 Å². The molecule has 0 heterocycles. The lowest BCUT2D eigenvalue weighted by Crippen LogP contribution is -2.40. The van der Waals surface area contributed by atoms with Gasteiger partial charge in [-0.1, -0.05) is 31.9 Å². The van der Waals surface area contributed by atoms with E-state index in [9.17, 15) is 0 Å². The Bertz CT molecular complexity index is 224. The Balaban J connectivity index is 4.26.